The fourth-order valence-corrected chi connectivity index (χ4v) is 0.751. The maximum absolute atomic E-state index is 5.83. The minimum Gasteiger partial charge on any atom is -0.387 e. The number of nitrogens with zero attached hydrogens (tertiary/aromatic N) is 1. The molecule has 2 N–H and O–H groups in total. The van der Waals surface area contributed by atoms with Gasteiger partial charge in [-0.3, -0.25) is 4.99 Å². The van der Waals surface area contributed by atoms with E-state index in [2.05, 4.69) is 32.7 Å². The third-order valence-corrected chi connectivity index (χ3v) is 2.13. The molecule has 64 valence electrons. The van der Waals surface area contributed by atoms with Crippen molar-refractivity contribution < 1.29 is 0 Å². The molecule has 0 bridgehead atoms. The molecule has 1 rings (SSSR count). The monoisotopic (exact) mass is 154 g/mol. The molecule has 1 aliphatic carbocycles. The Bertz CT molecular complexity index is 182. The van der Waals surface area contributed by atoms with Gasteiger partial charge in [0.2, 0.25) is 0 Å². The fraction of sp³-hybridized carbons (Fsp3) is 0.889. The Kier molecular flexibility index (Phi) is 1.73. The second-order valence-electron chi connectivity index (χ2n) is 4.74. The van der Waals surface area contributed by atoms with Gasteiger partial charge in [-0.25, -0.2) is 0 Å². The van der Waals surface area contributed by atoms with E-state index in [1.807, 2.05) is 0 Å². The molecule has 0 aliphatic heterocycles. The SMILES string of the molecule is CC1(N=C(N)C(C)(C)C)CC1. The van der Waals surface area contributed by atoms with Gasteiger partial charge in [-0.15, -0.1) is 0 Å². The van der Waals surface area contributed by atoms with Crippen LogP contribution in [-0.4, -0.2) is 11.4 Å². The molecule has 0 heterocycles. The molecule has 11 heavy (non-hydrogen) atoms. The van der Waals surface area contributed by atoms with E-state index in [-0.39, 0.29) is 11.0 Å². The van der Waals surface area contributed by atoms with E-state index in [4.69, 9.17) is 5.73 Å². The first-order chi connectivity index (χ1) is 4.83. The van der Waals surface area contributed by atoms with Crippen molar-refractivity contribution in [3.05, 3.63) is 0 Å². The second-order valence-corrected chi connectivity index (χ2v) is 4.74. The molecule has 1 saturated carbocycles. The van der Waals surface area contributed by atoms with E-state index < -0.39 is 0 Å². The van der Waals surface area contributed by atoms with Gasteiger partial charge in [0.15, 0.2) is 0 Å². The van der Waals surface area contributed by atoms with Gasteiger partial charge in [0.05, 0.1) is 11.4 Å². The van der Waals surface area contributed by atoms with E-state index in [1.54, 1.807) is 0 Å². The van der Waals surface area contributed by atoms with Gasteiger partial charge in [-0.05, 0) is 19.8 Å². The fourth-order valence-electron chi connectivity index (χ4n) is 0.751. The van der Waals surface area contributed by atoms with Gasteiger partial charge in [0.25, 0.3) is 0 Å². The molecule has 0 amide bonds. The highest BCUT2D eigenvalue weighted by atomic mass is 15.0. The molecule has 0 saturated heterocycles. The average molecular weight is 154 g/mol. The zero-order valence-corrected chi connectivity index (χ0v) is 7.94. The van der Waals surface area contributed by atoms with Gasteiger partial charge in [-0.2, -0.15) is 0 Å². The molecular weight excluding hydrogens is 136 g/mol. The third-order valence-electron chi connectivity index (χ3n) is 2.13. The van der Waals surface area contributed by atoms with Crippen LogP contribution in [0.4, 0.5) is 0 Å². The minimum atomic E-state index is 0.0333. The number of rotatable bonds is 1. The van der Waals surface area contributed by atoms with Crippen LogP contribution in [0.5, 0.6) is 0 Å². The first kappa shape index (κ1) is 8.57. The number of amidine groups is 1. The van der Waals surface area contributed by atoms with Gasteiger partial charge in [0.1, 0.15) is 0 Å². The average Bonchev–Trinajstić information content (AvgIpc) is 2.45. The smallest absolute Gasteiger partial charge is 0.0998 e. The molecule has 0 aromatic heterocycles. The predicted molar refractivity (Wildman–Crippen MR) is 48.7 cm³/mol. The molecule has 2 nitrogen and oxygen atoms in total. The predicted octanol–water partition coefficient (Wildman–Crippen LogP) is 1.94. The van der Waals surface area contributed by atoms with E-state index in [9.17, 15) is 0 Å². The molecule has 0 radical (unpaired) electrons. The van der Waals surface area contributed by atoms with Crippen LogP contribution in [-0.2, 0) is 0 Å². The van der Waals surface area contributed by atoms with Crippen LogP contribution in [0.25, 0.3) is 0 Å². The Hall–Kier alpha value is -0.530. The summed E-state index contributed by atoms with van der Waals surface area (Å²) in [5, 5.41) is 0. The summed E-state index contributed by atoms with van der Waals surface area (Å²) < 4.78 is 0. The lowest BCUT2D eigenvalue weighted by Crippen LogP contribution is -2.30. The lowest BCUT2D eigenvalue weighted by atomic mass is 9.95. The van der Waals surface area contributed by atoms with Crippen LogP contribution in [0.2, 0.25) is 0 Å². The molecule has 0 unspecified atom stereocenters. The van der Waals surface area contributed by atoms with Crippen molar-refractivity contribution in [2.75, 3.05) is 0 Å². The second kappa shape index (κ2) is 2.23. The Morgan fingerprint density at radius 3 is 2.09 bits per heavy atom. The summed E-state index contributed by atoms with van der Waals surface area (Å²) in [5.41, 5.74) is 6.05. The summed E-state index contributed by atoms with van der Waals surface area (Å²) in [4.78, 5) is 4.49. The first-order valence-electron chi connectivity index (χ1n) is 4.19. The molecule has 1 fully saturated rings. The van der Waals surface area contributed by atoms with Crippen LogP contribution >= 0.6 is 0 Å². The number of nitrogens with two attached hydrogens (primary N) is 1. The van der Waals surface area contributed by atoms with E-state index >= 15 is 0 Å². The summed E-state index contributed by atoms with van der Waals surface area (Å²) in [7, 11) is 0. The zero-order valence-electron chi connectivity index (χ0n) is 7.94. The minimum absolute atomic E-state index is 0.0333. The largest absolute Gasteiger partial charge is 0.387 e. The Balaban J connectivity index is 2.66. The molecule has 0 aromatic rings. The summed E-state index contributed by atoms with van der Waals surface area (Å²) in [5.74, 6) is 0.789. The van der Waals surface area contributed by atoms with Crippen molar-refractivity contribution in [1.29, 1.82) is 0 Å². The molecule has 2 heteroatoms. The molecule has 0 spiro atoms. The normalized spacial score (nSPS) is 23.5. The van der Waals surface area contributed by atoms with E-state index in [0.717, 1.165) is 5.84 Å². The van der Waals surface area contributed by atoms with Crippen LogP contribution in [0.15, 0.2) is 4.99 Å². The Labute approximate surface area is 68.9 Å². The molecule has 1 aliphatic rings. The van der Waals surface area contributed by atoms with Gasteiger partial charge in [0, 0.05) is 5.41 Å². The maximum atomic E-state index is 5.83. The first-order valence-corrected chi connectivity index (χ1v) is 4.19. The van der Waals surface area contributed by atoms with Crippen LogP contribution in [0, 0.1) is 5.41 Å². The van der Waals surface area contributed by atoms with Crippen molar-refractivity contribution in [3.8, 4) is 0 Å². The van der Waals surface area contributed by atoms with E-state index in [0.29, 0.717) is 0 Å². The molecule has 0 atom stereocenters. The Morgan fingerprint density at radius 1 is 1.36 bits per heavy atom. The molecule has 0 aromatic carbocycles. The van der Waals surface area contributed by atoms with Crippen LogP contribution in [0.1, 0.15) is 40.5 Å². The van der Waals surface area contributed by atoms with Crippen molar-refractivity contribution in [2.24, 2.45) is 16.1 Å². The highest BCUT2D eigenvalue weighted by molar-refractivity contribution is 5.86. The summed E-state index contributed by atoms with van der Waals surface area (Å²) >= 11 is 0. The summed E-state index contributed by atoms with van der Waals surface area (Å²) in [6.07, 6.45) is 2.40. The van der Waals surface area contributed by atoms with Gasteiger partial charge < -0.3 is 5.73 Å². The van der Waals surface area contributed by atoms with Gasteiger partial charge >= 0.3 is 0 Å². The zero-order chi connectivity index (χ0) is 8.70. The standard InChI is InChI=1S/C9H18N2/c1-8(2,3)7(10)11-9(4)5-6-9/h5-6H2,1-4H3,(H2,10,11). The number of hydrogen-bond acceptors (Lipinski definition) is 1. The maximum Gasteiger partial charge on any atom is 0.0998 e. The van der Waals surface area contributed by atoms with Crippen molar-refractivity contribution in [2.45, 2.75) is 46.1 Å². The lowest BCUT2D eigenvalue weighted by molar-refractivity contribution is 0.572. The van der Waals surface area contributed by atoms with Crippen molar-refractivity contribution in [3.63, 3.8) is 0 Å². The van der Waals surface area contributed by atoms with Gasteiger partial charge in [-0.1, -0.05) is 20.8 Å². The highest BCUT2D eigenvalue weighted by Gasteiger charge is 2.38. The summed E-state index contributed by atoms with van der Waals surface area (Å²) in [6, 6.07) is 0. The van der Waals surface area contributed by atoms with E-state index in [1.165, 1.54) is 12.8 Å². The Morgan fingerprint density at radius 2 is 1.82 bits per heavy atom. The number of aliphatic imine (C=N–C) groups is 1. The third kappa shape index (κ3) is 2.21. The van der Waals surface area contributed by atoms with Crippen molar-refractivity contribution >= 4 is 5.84 Å². The topological polar surface area (TPSA) is 38.4 Å². The van der Waals surface area contributed by atoms with Crippen molar-refractivity contribution in [1.82, 2.24) is 0 Å². The quantitative estimate of drug-likeness (QED) is 0.455. The molecular formula is C9H18N2. The highest BCUT2D eigenvalue weighted by Crippen LogP contribution is 2.39. The van der Waals surface area contributed by atoms with Crippen LogP contribution < -0.4 is 5.73 Å². The van der Waals surface area contributed by atoms with Crippen LogP contribution in [0.3, 0.4) is 0 Å². The number of hydrogen-bond donors (Lipinski definition) is 1. The lowest BCUT2D eigenvalue weighted by Gasteiger charge is -2.18. The summed E-state index contributed by atoms with van der Waals surface area (Å²) in [6.45, 7) is 8.44.